The van der Waals surface area contributed by atoms with Gasteiger partial charge in [-0.15, -0.1) is 0 Å². The van der Waals surface area contributed by atoms with Crippen molar-refractivity contribution in [2.45, 2.75) is 39.0 Å². The lowest BCUT2D eigenvalue weighted by atomic mass is 9.97. The molecule has 1 aliphatic rings. The van der Waals surface area contributed by atoms with Crippen LogP contribution in [0.15, 0.2) is 0 Å². The highest BCUT2D eigenvalue weighted by atomic mass is 15.1. The topological polar surface area (TPSA) is 29.3 Å². The fraction of sp³-hybridized carbons (Fsp3) is 1.00. The van der Waals surface area contributed by atoms with Crippen LogP contribution >= 0.6 is 0 Å². The molecule has 0 aromatic heterocycles. The van der Waals surface area contributed by atoms with E-state index in [1.165, 1.54) is 51.7 Å². The zero-order valence-corrected chi connectivity index (χ0v) is 8.97. The van der Waals surface area contributed by atoms with Crippen molar-refractivity contribution in [2.24, 2.45) is 11.7 Å². The standard InChI is InChI=1S/C11H24N2/c1-2-3-4-7-13-8-5-11(10-12)6-9-13/h11H,2-10,12H2,1H3. The maximum atomic E-state index is 5.65. The summed E-state index contributed by atoms with van der Waals surface area (Å²) in [5.41, 5.74) is 5.65. The summed E-state index contributed by atoms with van der Waals surface area (Å²) < 4.78 is 0. The largest absolute Gasteiger partial charge is 0.330 e. The first-order chi connectivity index (χ1) is 6.36. The van der Waals surface area contributed by atoms with Crippen LogP contribution in [-0.2, 0) is 0 Å². The maximum Gasteiger partial charge on any atom is -0.00156 e. The molecule has 0 amide bonds. The molecule has 1 fully saturated rings. The predicted octanol–water partition coefficient (Wildman–Crippen LogP) is 1.85. The summed E-state index contributed by atoms with van der Waals surface area (Å²) in [4.78, 5) is 2.60. The molecule has 0 bridgehead atoms. The molecule has 1 heterocycles. The van der Waals surface area contributed by atoms with Crippen molar-refractivity contribution in [1.29, 1.82) is 0 Å². The van der Waals surface area contributed by atoms with Gasteiger partial charge in [-0.25, -0.2) is 0 Å². The van der Waals surface area contributed by atoms with E-state index < -0.39 is 0 Å². The van der Waals surface area contributed by atoms with Crippen LogP contribution < -0.4 is 5.73 Å². The van der Waals surface area contributed by atoms with Crippen molar-refractivity contribution in [1.82, 2.24) is 4.90 Å². The van der Waals surface area contributed by atoms with Crippen LogP contribution in [0.4, 0.5) is 0 Å². The zero-order valence-electron chi connectivity index (χ0n) is 8.97. The van der Waals surface area contributed by atoms with Crippen LogP contribution in [-0.4, -0.2) is 31.1 Å². The molecule has 13 heavy (non-hydrogen) atoms. The Morgan fingerprint density at radius 3 is 2.46 bits per heavy atom. The van der Waals surface area contributed by atoms with Gasteiger partial charge in [-0.1, -0.05) is 19.8 Å². The van der Waals surface area contributed by atoms with Crippen molar-refractivity contribution in [3.8, 4) is 0 Å². The monoisotopic (exact) mass is 184 g/mol. The molecule has 0 saturated carbocycles. The summed E-state index contributed by atoms with van der Waals surface area (Å²) in [6, 6.07) is 0. The number of nitrogens with two attached hydrogens (primary N) is 1. The van der Waals surface area contributed by atoms with Gasteiger partial charge in [-0.3, -0.25) is 0 Å². The van der Waals surface area contributed by atoms with Gasteiger partial charge in [-0.05, 0) is 51.4 Å². The highest BCUT2D eigenvalue weighted by molar-refractivity contribution is 4.72. The summed E-state index contributed by atoms with van der Waals surface area (Å²) in [5.74, 6) is 0.808. The fourth-order valence-corrected chi connectivity index (χ4v) is 2.03. The molecule has 1 rings (SSSR count). The molecule has 1 aliphatic heterocycles. The molecule has 1 saturated heterocycles. The van der Waals surface area contributed by atoms with Crippen molar-refractivity contribution in [3.63, 3.8) is 0 Å². The molecule has 0 atom stereocenters. The zero-order chi connectivity index (χ0) is 9.52. The minimum Gasteiger partial charge on any atom is -0.330 e. The van der Waals surface area contributed by atoms with E-state index in [1.54, 1.807) is 0 Å². The van der Waals surface area contributed by atoms with Crippen LogP contribution in [0.2, 0.25) is 0 Å². The molecule has 0 spiro atoms. The lowest BCUT2D eigenvalue weighted by Crippen LogP contribution is -2.36. The van der Waals surface area contributed by atoms with Crippen molar-refractivity contribution >= 4 is 0 Å². The smallest absolute Gasteiger partial charge is 0.00156 e. The molecule has 2 N–H and O–H groups in total. The SMILES string of the molecule is CCCCCN1CCC(CN)CC1. The molecule has 2 nitrogen and oxygen atoms in total. The fourth-order valence-electron chi connectivity index (χ4n) is 2.03. The van der Waals surface area contributed by atoms with Gasteiger partial charge in [0.05, 0.1) is 0 Å². The number of piperidine rings is 1. The van der Waals surface area contributed by atoms with Crippen molar-refractivity contribution in [2.75, 3.05) is 26.2 Å². The Bertz CT molecular complexity index is 115. The molecule has 0 radical (unpaired) electrons. The number of unbranched alkanes of at least 4 members (excludes halogenated alkanes) is 2. The minimum absolute atomic E-state index is 0.808. The van der Waals surface area contributed by atoms with Gasteiger partial charge in [0.25, 0.3) is 0 Å². The first kappa shape index (κ1) is 11.0. The molecule has 0 aromatic rings. The number of hydrogen-bond donors (Lipinski definition) is 1. The Morgan fingerprint density at radius 1 is 1.23 bits per heavy atom. The second kappa shape index (κ2) is 6.39. The van der Waals surface area contributed by atoms with Gasteiger partial charge in [-0.2, -0.15) is 0 Å². The highest BCUT2D eigenvalue weighted by Gasteiger charge is 2.16. The lowest BCUT2D eigenvalue weighted by molar-refractivity contribution is 0.184. The molecular weight excluding hydrogens is 160 g/mol. The van der Waals surface area contributed by atoms with E-state index in [4.69, 9.17) is 5.73 Å². The van der Waals surface area contributed by atoms with E-state index in [-0.39, 0.29) is 0 Å². The number of hydrogen-bond acceptors (Lipinski definition) is 2. The summed E-state index contributed by atoms with van der Waals surface area (Å²) in [5, 5.41) is 0. The van der Waals surface area contributed by atoms with E-state index in [2.05, 4.69) is 11.8 Å². The Balaban J connectivity index is 2.03. The average Bonchev–Trinajstić information content (AvgIpc) is 2.19. The van der Waals surface area contributed by atoms with Crippen LogP contribution in [0.25, 0.3) is 0 Å². The first-order valence-corrected chi connectivity index (χ1v) is 5.79. The van der Waals surface area contributed by atoms with E-state index in [0.29, 0.717) is 0 Å². The third-order valence-corrected chi connectivity index (χ3v) is 3.12. The molecule has 0 aromatic carbocycles. The second-order valence-corrected chi connectivity index (χ2v) is 4.23. The van der Waals surface area contributed by atoms with Gasteiger partial charge in [0.15, 0.2) is 0 Å². The lowest BCUT2D eigenvalue weighted by Gasteiger charge is -2.31. The van der Waals surface area contributed by atoms with E-state index in [0.717, 1.165) is 12.5 Å². The Kier molecular flexibility index (Phi) is 5.40. The Hall–Kier alpha value is -0.0800. The maximum absolute atomic E-state index is 5.65. The summed E-state index contributed by atoms with van der Waals surface area (Å²) >= 11 is 0. The quantitative estimate of drug-likeness (QED) is 0.661. The van der Waals surface area contributed by atoms with Crippen LogP contribution in [0.3, 0.4) is 0 Å². The highest BCUT2D eigenvalue weighted by Crippen LogP contribution is 2.15. The van der Waals surface area contributed by atoms with Crippen LogP contribution in [0.5, 0.6) is 0 Å². The average molecular weight is 184 g/mol. The summed E-state index contributed by atoms with van der Waals surface area (Å²) in [6.45, 7) is 7.03. The van der Waals surface area contributed by atoms with Gasteiger partial charge in [0, 0.05) is 0 Å². The summed E-state index contributed by atoms with van der Waals surface area (Å²) in [6.07, 6.45) is 6.74. The Morgan fingerprint density at radius 2 is 1.92 bits per heavy atom. The van der Waals surface area contributed by atoms with Crippen molar-refractivity contribution < 1.29 is 0 Å². The minimum atomic E-state index is 0.808. The predicted molar refractivity (Wildman–Crippen MR) is 57.7 cm³/mol. The van der Waals surface area contributed by atoms with Gasteiger partial charge >= 0.3 is 0 Å². The number of likely N-dealkylation sites (tertiary alicyclic amines) is 1. The number of nitrogens with zero attached hydrogens (tertiary/aromatic N) is 1. The second-order valence-electron chi connectivity index (χ2n) is 4.23. The van der Waals surface area contributed by atoms with Crippen LogP contribution in [0.1, 0.15) is 39.0 Å². The van der Waals surface area contributed by atoms with E-state index in [1.807, 2.05) is 0 Å². The molecule has 78 valence electrons. The van der Waals surface area contributed by atoms with Crippen molar-refractivity contribution in [3.05, 3.63) is 0 Å². The third-order valence-electron chi connectivity index (χ3n) is 3.12. The van der Waals surface area contributed by atoms with E-state index >= 15 is 0 Å². The number of rotatable bonds is 5. The normalized spacial score (nSPS) is 20.8. The Labute approximate surface area is 82.5 Å². The molecule has 0 unspecified atom stereocenters. The summed E-state index contributed by atoms with van der Waals surface area (Å²) in [7, 11) is 0. The van der Waals surface area contributed by atoms with E-state index in [9.17, 15) is 0 Å². The molecule has 2 heteroatoms. The molecular formula is C11H24N2. The third kappa shape index (κ3) is 4.10. The first-order valence-electron chi connectivity index (χ1n) is 5.79. The van der Waals surface area contributed by atoms with Crippen LogP contribution in [0, 0.1) is 5.92 Å². The van der Waals surface area contributed by atoms with Gasteiger partial charge < -0.3 is 10.6 Å². The molecule has 0 aliphatic carbocycles. The van der Waals surface area contributed by atoms with Gasteiger partial charge in [0.2, 0.25) is 0 Å². The van der Waals surface area contributed by atoms with Gasteiger partial charge in [0.1, 0.15) is 0 Å².